The summed E-state index contributed by atoms with van der Waals surface area (Å²) in [7, 11) is -6.71. The number of nitrogens with zero attached hydrogens (tertiary/aromatic N) is 1. The summed E-state index contributed by atoms with van der Waals surface area (Å²) in [5.74, 6) is -0.675. The van der Waals surface area contributed by atoms with Crippen LogP contribution in [0.25, 0.3) is 0 Å². The smallest absolute Gasteiger partial charge is 0.235 e. The van der Waals surface area contributed by atoms with Crippen molar-refractivity contribution < 1.29 is 21.6 Å². The van der Waals surface area contributed by atoms with E-state index in [1.54, 1.807) is 37.3 Å². The molecule has 1 amide bonds. The molecule has 0 bridgehead atoms. The monoisotopic (exact) mass is 374 g/mol. The van der Waals surface area contributed by atoms with Gasteiger partial charge in [0.25, 0.3) is 0 Å². The lowest BCUT2D eigenvalue weighted by Crippen LogP contribution is -2.44. The first-order valence-corrected chi connectivity index (χ1v) is 11.2. The van der Waals surface area contributed by atoms with Crippen molar-refractivity contribution >= 4 is 25.8 Å². The van der Waals surface area contributed by atoms with Gasteiger partial charge in [0, 0.05) is 12.6 Å². The lowest BCUT2D eigenvalue weighted by Gasteiger charge is -2.21. The summed E-state index contributed by atoms with van der Waals surface area (Å²) >= 11 is 0. The Labute approximate surface area is 143 Å². The molecule has 1 N–H and O–H groups in total. The van der Waals surface area contributed by atoms with Crippen molar-refractivity contribution in [2.75, 3.05) is 24.6 Å². The Morgan fingerprint density at radius 3 is 2.50 bits per heavy atom. The number of hydrogen-bond donors (Lipinski definition) is 1. The molecule has 1 aliphatic heterocycles. The van der Waals surface area contributed by atoms with Crippen LogP contribution in [0.3, 0.4) is 0 Å². The average Bonchev–Trinajstić information content (AvgIpc) is 2.84. The van der Waals surface area contributed by atoms with Crippen molar-refractivity contribution in [3.8, 4) is 0 Å². The first-order valence-electron chi connectivity index (χ1n) is 7.73. The van der Waals surface area contributed by atoms with Crippen LogP contribution in [0.15, 0.2) is 30.3 Å². The highest BCUT2D eigenvalue weighted by molar-refractivity contribution is 7.91. The van der Waals surface area contributed by atoms with E-state index in [0.717, 1.165) is 4.31 Å². The third kappa shape index (κ3) is 5.29. The van der Waals surface area contributed by atoms with Gasteiger partial charge >= 0.3 is 0 Å². The van der Waals surface area contributed by atoms with Crippen LogP contribution in [-0.2, 0) is 30.4 Å². The molecule has 24 heavy (non-hydrogen) atoms. The number of amides is 1. The lowest BCUT2D eigenvalue weighted by molar-refractivity contribution is -0.121. The summed E-state index contributed by atoms with van der Waals surface area (Å²) in [6.07, 6.45) is 0.372. The standard InChI is InChI=1S/C15H22N2O5S2/c1-2-17(24(21,22)11-13-6-4-3-5-7-13)10-15(18)16-14-8-9-23(19,20)12-14/h3-7,14H,2,8-12H2,1H3,(H,16,18)/t14-/m1/s1. The predicted octanol–water partition coefficient (Wildman–Crippen LogP) is 0.142. The Kier molecular flexibility index (Phi) is 6.00. The largest absolute Gasteiger partial charge is 0.351 e. The van der Waals surface area contributed by atoms with Gasteiger partial charge in [-0.2, -0.15) is 4.31 Å². The van der Waals surface area contributed by atoms with Gasteiger partial charge in [0.05, 0.1) is 23.8 Å². The third-order valence-corrected chi connectivity index (χ3v) is 7.50. The molecule has 2 rings (SSSR count). The van der Waals surface area contributed by atoms with E-state index in [2.05, 4.69) is 5.32 Å². The second-order valence-electron chi connectivity index (χ2n) is 5.84. The Morgan fingerprint density at radius 1 is 1.29 bits per heavy atom. The number of nitrogens with one attached hydrogen (secondary N) is 1. The van der Waals surface area contributed by atoms with E-state index in [9.17, 15) is 21.6 Å². The first kappa shape index (κ1) is 18.9. The molecule has 1 aromatic carbocycles. The number of carbonyl (C=O) groups is 1. The van der Waals surface area contributed by atoms with Gasteiger partial charge < -0.3 is 5.32 Å². The second kappa shape index (κ2) is 7.62. The molecule has 0 unspecified atom stereocenters. The van der Waals surface area contributed by atoms with Crippen molar-refractivity contribution in [1.29, 1.82) is 0 Å². The molecule has 0 saturated carbocycles. The molecule has 0 radical (unpaired) electrons. The van der Waals surface area contributed by atoms with Gasteiger partial charge in [0.2, 0.25) is 15.9 Å². The van der Waals surface area contributed by atoms with Crippen LogP contribution < -0.4 is 5.32 Å². The normalized spacial score (nSPS) is 20.2. The van der Waals surface area contributed by atoms with Crippen LogP contribution >= 0.6 is 0 Å². The third-order valence-electron chi connectivity index (χ3n) is 3.86. The van der Waals surface area contributed by atoms with Crippen molar-refractivity contribution in [2.24, 2.45) is 0 Å². The molecule has 1 aromatic rings. The van der Waals surface area contributed by atoms with Crippen molar-refractivity contribution in [3.63, 3.8) is 0 Å². The number of benzene rings is 1. The summed E-state index contributed by atoms with van der Waals surface area (Å²) in [5, 5.41) is 2.61. The maximum Gasteiger partial charge on any atom is 0.235 e. The number of rotatable bonds is 7. The zero-order valence-electron chi connectivity index (χ0n) is 13.5. The fourth-order valence-corrected chi connectivity index (χ4v) is 5.80. The van der Waals surface area contributed by atoms with Gasteiger partial charge in [-0.05, 0) is 12.0 Å². The van der Waals surface area contributed by atoms with Crippen LogP contribution in [0.2, 0.25) is 0 Å². The topological polar surface area (TPSA) is 101 Å². The fourth-order valence-electron chi connectivity index (χ4n) is 2.63. The van der Waals surface area contributed by atoms with E-state index in [0.29, 0.717) is 12.0 Å². The molecule has 0 aliphatic carbocycles. The van der Waals surface area contributed by atoms with Gasteiger partial charge in [0.1, 0.15) is 0 Å². The molecule has 1 heterocycles. The van der Waals surface area contributed by atoms with Gasteiger partial charge in [-0.15, -0.1) is 0 Å². The minimum atomic E-state index is -3.62. The van der Waals surface area contributed by atoms with Crippen molar-refractivity contribution in [3.05, 3.63) is 35.9 Å². The van der Waals surface area contributed by atoms with E-state index >= 15 is 0 Å². The summed E-state index contributed by atoms with van der Waals surface area (Å²) in [6, 6.07) is 8.32. The Hall–Kier alpha value is -1.45. The van der Waals surface area contributed by atoms with Crippen LogP contribution in [0.4, 0.5) is 0 Å². The number of carbonyl (C=O) groups excluding carboxylic acids is 1. The van der Waals surface area contributed by atoms with Crippen LogP contribution in [-0.4, -0.2) is 57.7 Å². The Bertz CT molecular complexity index is 775. The SMILES string of the molecule is CCN(CC(=O)N[C@@H]1CCS(=O)(=O)C1)S(=O)(=O)Cc1ccccc1. The molecule has 134 valence electrons. The predicted molar refractivity (Wildman–Crippen MR) is 91.5 cm³/mol. The molecule has 1 saturated heterocycles. The number of sulfone groups is 1. The van der Waals surface area contributed by atoms with E-state index < -0.39 is 31.8 Å². The van der Waals surface area contributed by atoms with Gasteiger partial charge in [-0.1, -0.05) is 37.3 Å². The van der Waals surface area contributed by atoms with E-state index in [-0.39, 0.29) is 30.3 Å². The highest BCUT2D eigenvalue weighted by Gasteiger charge is 2.30. The molecular formula is C15H22N2O5S2. The van der Waals surface area contributed by atoms with Crippen molar-refractivity contribution in [2.45, 2.75) is 25.1 Å². The number of hydrogen-bond acceptors (Lipinski definition) is 5. The lowest BCUT2D eigenvalue weighted by atomic mass is 10.2. The average molecular weight is 374 g/mol. The zero-order valence-corrected chi connectivity index (χ0v) is 15.1. The molecule has 7 nitrogen and oxygen atoms in total. The van der Waals surface area contributed by atoms with Gasteiger partial charge in [-0.3, -0.25) is 4.79 Å². The molecule has 1 atom stereocenters. The number of likely N-dealkylation sites (N-methyl/N-ethyl adjacent to an activating group) is 1. The van der Waals surface area contributed by atoms with E-state index in [4.69, 9.17) is 0 Å². The molecule has 9 heteroatoms. The summed E-state index contributed by atoms with van der Waals surface area (Å²) in [6.45, 7) is 1.53. The first-order chi connectivity index (χ1) is 11.2. The van der Waals surface area contributed by atoms with Crippen LogP contribution in [0, 0.1) is 0 Å². The quantitative estimate of drug-likeness (QED) is 0.732. The molecular weight excluding hydrogens is 352 g/mol. The van der Waals surface area contributed by atoms with E-state index in [1.165, 1.54) is 0 Å². The van der Waals surface area contributed by atoms with Gasteiger partial charge in [0.15, 0.2) is 9.84 Å². The van der Waals surface area contributed by atoms with Gasteiger partial charge in [-0.25, -0.2) is 16.8 Å². The van der Waals surface area contributed by atoms with Crippen LogP contribution in [0.5, 0.6) is 0 Å². The molecule has 0 spiro atoms. The molecule has 1 aliphatic rings. The molecule has 1 fully saturated rings. The highest BCUT2D eigenvalue weighted by Crippen LogP contribution is 2.13. The second-order valence-corrected chi connectivity index (χ2v) is 10.0. The summed E-state index contributed by atoms with van der Waals surface area (Å²) < 4.78 is 48.8. The Morgan fingerprint density at radius 2 is 1.96 bits per heavy atom. The Balaban J connectivity index is 1.96. The maximum absolute atomic E-state index is 12.5. The zero-order chi connectivity index (χ0) is 17.8. The fraction of sp³-hybridized carbons (Fsp3) is 0.533. The van der Waals surface area contributed by atoms with Crippen LogP contribution in [0.1, 0.15) is 18.9 Å². The number of sulfonamides is 1. The summed E-state index contributed by atoms with van der Waals surface area (Å²) in [5.41, 5.74) is 0.651. The summed E-state index contributed by atoms with van der Waals surface area (Å²) in [4.78, 5) is 12.1. The minimum absolute atomic E-state index is 0.0573. The van der Waals surface area contributed by atoms with Crippen molar-refractivity contribution in [1.82, 2.24) is 9.62 Å². The highest BCUT2D eigenvalue weighted by atomic mass is 32.2. The molecule has 0 aromatic heterocycles. The maximum atomic E-state index is 12.5. The van der Waals surface area contributed by atoms with E-state index in [1.807, 2.05) is 0 Å². The minimum Gasteiger partial charge on any atom is -0.351 e.